The minimum atomic E-state index is -0.249. The Morgan fingerprint density at radius 1 is 0.409 bits per heavy atom. The molecule has 0 bridgehead atoms. The van der Waals surface area contributed by atoms with Gasteiger partial charge in [0, 0.05) is 12.8 Å². The van der Waals surface area contributed by atoms with Crippen LogP contribution in [0.1, 0.15) is 11.1 Å². The Morgan fingerprint density at radius 2 is 0.773 bits per heavy atom. The van der Waals surface area contributed by atoms with Gasteiger partial charge >= 0.3 is 0 Å². The van der Waals surface area contributed by atoms with Gasteiger partial charge in [-0.25, -0.2) is 0 Å². The van der Waals surface area contributed by atoms with Crippen molar-refractivity contribution < 1.29 is 9.59 Å². The lowest BCUT2D eigenvalue weighted by Crippen LogP contribution is -2.40. The molecule has 216 valence electrons. The van der Waals surface area contributed by atoms with Crippen LogP contribution >= 0.6 is 0 Å². The maximum atomic E-state index is 12.3. The summed E-state index contributed by atoms with van der Waals surface area (Å²) in [6.45, 7) is 0. The van der Waals surface area contributed by atoms with E-state index >= 15 is 0 Å². The van der Waals surface area contributed by atoms with Crippen LogP contribution in [0.2, 0.25) is 0 Å². The minimum absolute atomic E-state index is 0.0200. The predicted octanol–water partition coefficient (Wildman–Crippen LogP) is 7.63. The van der Waals surface area contributed by atoms with Crippen LogP contribution in [0.25, 0.3) is 21.5 Å². The summed E-state index contributed by atoms with van der Waals surface area (Å²) in [7, 11) is 0. The molecular weight excluding hydrogens is 544 g/mol. The van der Waals surface area contributed by atoms with Crippen molar-refractivity contribution in [2.45, 2.75) is 24.9 Å². The fourth-order valence-corrected chi connectivity index (χ4v) is 6.05. The van der Waals surface area contributed by atoms with Gasteiger partial charge in [0.05, 0.1) is 22.7 Å². The highest BCUT2D eigenvalue weighted by Crippen LogP contribution is 2.30. The van der Waals surface area contributed by atoms with Crippen molar-refractivity contribution in [2.75, 3.05) is 21.3 Å². The van der Waals surface area contributed by atoms with Crippen molar-refractivity contribution in [3.05, 3.63) is 145 Å². The molecule has 0 fully saturated rings. The number of fused-ring (bicyclic) bond motifs is 4. The van der Waals surface area contributed by atoms with E-state index in [1.807, 2.05) is 84.9 Å². The van der Waals surface area contributed by atoms with Gasteiger partial charge in [0.1, 0.15) is 12.1 Å². The standard InChI is InChI=1S/2C19H16N2O/c2*22-19-18(20-16-10-3-4-11-17(16)21-19)12-14-8-5-7-13-6-1-2-9-15(13)14/h2*1-11,18,20H,12H2,(H,21,22)/t2*18-/m10/s1. The Bertz CT molecular complexity index is 1850. The van der Waals surface area contributed by atoms with Crippen molar-refractivity contribution in [1.82, 2.24) is 0 Å². The van der Waals surface area contributed by atoms with Gasteiger partial charge in [-0.1, -0.05) is 109 Å². The Balaban J connectivity index is 0.000000142. The highest BCUT2D eigenvalue weighted by Gasteiger charge is 2.26. The molecule has 2 heterocycles. The minimum Gasteiger partial charge on any atom is -0.372 e. The van der Waals surface area contributed by atoms with Gasteiger partial charge in [-0.3, -0.25) is 9.59 Å². The van der Waals surface area contributed by atoms with E-state index in [0.717, 1.165) is 22.7 Å². The quantitative estimate of drug-likeness (QED) is 0.174. The SMILES string of the molecule is O=C1Nc2ccccc2N[C@@H]1Cc1cccc2ccccc12.O=C1Nc2ccccc2N[C@H]1Cc1cccc2ccccc12. The van der Waals surface area contributed by atoms with Crippen LogP contribution in [0, 0.1) is 0 Å². The molecule has 0 spiro atoms. The fraction of sp³-hybridized carbons (Fsp3) is 0.105. The van der Waals surface area contributed by atoms with Crippen LogP contribution in [0.4, 0.5) is 22.7 Å². The molecule has 2 atom stereocenters. The molecule has 0 aliphatic carbocycles. The normalized spacial score (nSPS) is 16.7. The van der Waals surface area contributed by atoms with Gasteiger partial charge in [-0.05, 0) is 56.9 Å². The van der Waals surface area contributed by atoms with Gasteiger partial charge in [0.2, 0.25) is 11.8 Å². The number of benzene rings is 6. The predicted molar refractivity (Wildman–Crippen MR) is 180 cm³/mol. The third-order valence-corrected chi connectivity index (χ3v) is 8.27. The van der Waals surface area contributed by atoms with E-state index in [4.69, 9.17) is 0 Å². The molecule has 0 radical (unpaired) electrons. The first kappa shape index (κ1) is 27.2. The average molecular weight is 577 g/mol. The Hall–Kier alpha value is -5.62. The molecular formula is C38H32N4O2. The Labute approximate surface area is 256 Å². The second-order valence-electron chi connectivity index (χ2n) is 11.1. The number of para-hydroxylation sites is 4. The lowest BCUT2D eigenvalue weighted by Gasteiger charge is -2.27. The molecule has 0 unspecified atom stereocenters. The van der Waals surface area contributed by atoms with Crippen molar-refractivity contribution in [3.8, 4) is 0 Å². The summed E-state index contributed by atoms with van der Waals surface area (Å²) in [6, 6.07) is 44.1. The zero-order valence-electron chi connectivity index (χ0n) is 24.1. The largest absolute Gasteiger partial charge is 0.372 e. The van der Waals surface area contributed by atoms with Gasteiger partial charge in [-0.15, -0.1) is 0 Å². The third kappa shape index (κ3) is 5.57. The molecule has 0 saturated heterocycles. The number of carbonyl (C=O) groups is 2. The molecule has 2 amide bonds. The van der Waals surface area contributed by atoms with Gasteiger partial charge in [-0.2, -0.15) is 0 Å². The van der Waals surface area contributed by atoms with E-state index in [0.29, 0.717) is 12.8 Å². The van der Waals surface area contributed by atoms with Gasteiger partial charge < -0.3 is 21.3 Å². The van der Waals surface area contributed by atoms with Gasteiger partial charge in [0.25, 0.3) is 0 Å². The zero-order valence-corrected chi connectivity index (χ0v) is 24.1. The maximum absolute atomic E-state index is 12.3. The summed E-state index contributed by atoms with van der Waals surface area (Å²) in [4.78, 5) is 24.6. The molecule has 44 heavy (non-hydrogen) atoms. The lowest BCUT2D eigenvalue weighted by atomic mass is 9.97. The van der Waals surface area contributed by atoms with E-state index < -0.39 is 0 Å². The number of hydrogen-bond donors (Lipinski definition) is 4. The summed E-state index contributed by atoms with van der Waals surface area (Å²) in [5, 5.41) is 17.5. The highest BCUT2D eigenvalue weighted by molar-refractivity contribution is 6.04. The third-order valence-electron chi connectivity index (χ3n) is 8.27. The maximum Gasteiger partial charge on any atom is 0.247 e. The fourth-order valence-electron chi connectivity index (χ4n) is 6.05. The molecule has 0 aromatic heterocycles. The first-order valence-electron chi connectivity index (χ1n) is 14.9. The average Bonchev–Trinajstić information content (AvgIpc) is 3.06. The number of nitrogens with one attached hydrogen (secondary N) is 4. The molecule has 6 aromatic rings. The lowest BCUT2D eigenvalue weighted by molar-refractivity contribution is -0.117. The van der Waals surface area contributed by atoms with Crippen LogP contribution < -0.4 is 21.3 Å². The zero-order chi connectivity index (χ0) is 29.9. The first-order chi connectivity index (χ1) is 21.6. The number of rotatable bonds is 4. The van der Waals surface area contributed by atoms with Gasteiger partial charge in [0.15, 0.2) is 0 Å². The first-order valence-corrected chi connectivity index (χ1v) is 14.9. The number of amides is 2. The molecule has 6 aromatic carbocycles. The highest BCUT2D eigenvalue weighted by atomic mass is 16.2. The van der Waals surface area contributed by atoms with Crippen LogP contribution in [0.15, 0.2) is 133 Å². The van der Waals surface area contributed by atoms with Crippen LogP contribution in [-0.2, 0) is 22.4 Å². The van der Waals surface area contributed by atoms with E-state index in [1.54, 1.807) is 0 Å². The van der Waals surface area contributed by atoms with E-state index in [-0.39, 0.29) is 23.9 Å². The summed E-state index contributed by atoms with van der Waals surface area (Å²) in [6.07, 6.45) is 1.34. The topological polar surface area (TPSA) is 82.3 Å². The van der Waals surface area contributed by atoms with Crippen molar-refractivity contribution >= 4 is 56.1 Å². The molecule has 2 aliphatic heterocycles. The Morgan fingerprint density at radius 3 is 1.23 bits per heavy atom. The molecule has 0 saturated carbocycles. The van der Waals surface area contributed by atoms with Crippen molar-refractivity contribution in [1.29, 1.82) is 0 Å². The Kier molecular flexibility index (Phi) is 7.39. The molecule has 8 rings (SSSR count). The molecule has 2 aliphatic rings. The van der Waals surface area contributed by atoms with E-state index in [1.165, 1.54) is 32.7 Å². The second kappa shape index (κ2) is 11.9. The molecule has 6 heteroatoms. The molecule has 4 N–H and O–H groups in total. The smallest absolute Gasteiger partial charge is 0.247 e. The molecule has 6 nitrogen and oxygen atoms in total. The number of carbonyl (C=O) groups excluding carboxylic acids is 2. The van der Waals surface area contributed by atoms with E-state index in [9.17, 15) is 9.59 Å². The summed E-state index contributed by atoms with van der Waals surface area (Å²) in [5.41, 5.74) is 6.03. The van der Waals surface area contributed by atoms with Crippen molar-refractivity contribution in [3.63, 3.8) is 0 Å². The van der Waals surface area contributed by atoms with Crippen LogP contribution in [-0.4, -0.2) is 23.9 Å². The number of anilines is 4. The summed E-state index contributed by atoms with van der Waals surface area (Å²) >= 11 is 0. The van der Waals surface area contributed by atoms with Crippen molar-refractivity contribution in [2.24, 2.45) is 0 Å². The summed E-state index contributed by atoms with van der Waals surface area (Å²) < 4.78 is 0. The monoisotopic (exact) mass is 576 g/mol. The summed E-state index contributed by atoms with van der Waals surface area (Å²) in [5.74, 6) is 0.0401. The number of hydrogen-bond acceptors (Lipinski definition) is 4. The van der Waals surface area contributed by atoms with Crippen LogP contribution in [0.3, 0.4) is 0 Å². The van der Waals surface area contributed by atoms with Crippen LogP contribution in [0.5, 0.6) is 0 Å². The second-order valence-corrected chi connectivity index (χ2v) is 11.1. The van der Waals surface area contributed by atoms with E-state index in [2.05, 4.69) is 69.8 Å².